The van der Waals surface area contributed by atoms with Crippen LogP contribution >= 0.6 is 11.5 Å². The molecule has 1 atom stereocenters. The van der Waals surface area contributed by atoms with Crippen LogP contribution in [0.25, 0.3) is 0 Å². The fraction of sp³-hybridized carbons (Fsp3) is 0.304. The van der Waals surface area contributed by atoms with E-state index in [9.17, 15) is 27.2 Å². The molecule has 1 aromatic heterocycles. The fourth-order valence-electron chi connectivity index (χ4n) is 3.29. The van der Waals surface area contributed by atoms with Crippen molar-refractivity contribution >= 4 is 29.0 Å². The first-order chi connectivity index (χ1) is 15.9. The van der Waals surface area contributed by atoms with Crippen LogP contribution in [0.4, 0.5) is 23.2 Å². The molecule has 2 amide bonds. The topological polar surface area (TPSA) is 75.2 Å². The van der Waals surface area contributed by atoms with E-state index in [0.29, 0.717) is 10.4 Å². The van der Waals surface area contributed by atoms with Gasteiger partial charge in [0.2, 0.25) is 5.91 Å². The van der Waals surface area contributed by atoms with Gasteiger partial charge in [0.25, 0.3) is 5.91 Å². The highest BCUT2D eigenvalue weighted by Crippen LogP contribution is 2.34. The van der Waals surface area contributed by atoms with Crippen molar-refractivity contribution in [3.8, 4) is 0 Å². The van der Waals surface area contributed by atoms with Gasteiger partial charge in [0.05, 0.1) is 10.4 Å². The van der Waals surface area contributed by atoms with Gasteiger partial charge in [-0.2, -0.15) is 13.2 Å². The summed E-state index contributed by atoms with van der Waals surface area (Å²) in [4.78, 5) is 28.4. The van der Waals surface area contributed by atoms with E-state index in [1.807, 2.05) is 0 Å². The number of hydrogen-bond acceptors (Lipinski definition) is 5. The van der Waals surface area contributed by atoms with Crippen LogP contribution in [0.3, 0.4) is 0 Å². The number of carbonyl (C=O) groups is 2. The zero-order valence-electron chi connectivity index (χ0n) is 18.8. The van der Waals surface area contributed by atoms with Crippen LogP contribution in [0.5, 0.6) is 0 Å². The summed E-state index contributed by atoms with van der Waals surface area (Å²) in [7, 11) is 0. The molecule has 2 aromatic carbocycles. The molecule has 0 spiro atoms. The Morgan fingerprint density at radius 3 is 2.21 bits per heavy atom. The van der Waals surface area contributed by atoms with Gasteiger partial charge >= 0.3 is 6.18 Å². The number of nitrogens with zero attached hydrogens (tertiary/aromatic N) is 3. The largest absolute Gasteiger partial charge is 0.416 e. The molecule has 11 heteroatoms. The van der Waals surface area contributed by atoms with Crippen LogP contribution in [0, 0.1) is 19.7 Å². The molecule has 3 rings (SSSR count). The summed E-state index contributed by atoms with van der Waals surface area (Å²) in [5.74, 6) is -2.00. The van der Waals surface area contributed by atoms with E-state index in [4.69, 9.17) is 0 Å². The Morgan fingerprint density at radius 1 is 1.06 bits per heavy atom. The van der Waals surface area contributed by atoms with E-state index in [2.05, 4.69) is 14.9 Å². The molecule has 34 heavy (non-hydrogen) atoms. The van der Waals surface area contributed by atoms with Crippen LogP contribution in [0.15, 0.2) is 42.5 Å². The van der Waals surface area contributed by atoms with Gasteiger partial charge in [0.15, 0.2) is 5.69 Å². The molecule has 0 fully saturated rings. The lowest BCUT2D eigenvalue weighted by Crippen LogP contribution is -2.46. The van der Waals surface area contributed by atoms with Crippen LogP contribution < -0.4 is 10.2 Å². The standard InChI is InChI=1S/C23H22F4N4O2S/c1-12(2)28-21(32)20(15-6-8-16(9-7-15)23(25,26)27)31(17-10-5-13(3)18(24)11-17)22(33)19-14(4)34-30-29-19/h5-12,20H,1-4H3,(H,28,32). The summed E-state index contributed by atoms with van der Waals surface area (Å²) in [6, 6.07) is 6.20. The lowest BCUT2D eigenvalue weighted by molar-refractivity contribution is -0.137. The van der Waals surface area contributed by atoms with Crippen molar-refractivity contribution in [2.75, 3.05) is 4.90 Å². The van der Waals surface area contributed by atoms with Gasteiger partial charge in [-0.1, -0.05) is 22.7 Å². The molecular weight excluding hydrogens is 472 g/mol. The number of hydrogen-bond donors (Lipinski definition) is 1. The number of rotatable bonds is 6. The minimum Gasteiger partial charge on any atom is -0.352 e. The van der Waals surface area contributed by atoms with Gasteiger partial charge in [0, 0.05) is 11.7 Å². The molecule has 1 unspecified atom stereocenters. The van der Waals surface area contributed by atoms with Crippen molar-refractivity contribution in [2.45, 2.75) is 46.0 Å². The summed E-state index contributed by atoms with van der Waals surface area (Å²) >= 11 is 0.974. The highest BCUT2D eigenvalue weighted by molar-refractivity contribution is 7.05. The third-order valence-electron chi connectivity index (χ3n) is 5.00. The van der Waals surface area contributed by atoms with Gasteiger partial charge in [-0.15, -0.1) is 5.10 Å². The van der Waals surface area contributed by atoms with Gasteiger partial charge in [-0.3, -0.25) is 14.5 Å². The second kappa shape index (κ2) is 9.88. The summed E-state index contributed by atoms with van der Waals surface area (Å²) in [6.07, 6.45) is -4.58. The van der Waals surface area contributed by atoms with E-state index in [0.717, 1.165) is 46.8 Å². The molecule has 1 heterocycles. The molecule has 6 nitrogen and oxygen atoms in total. The molecule has 0 bridgehead atoms. The smallest absolute Gasteiger partial charge is 0.352 e. The van der Waals surface area contributed by atoms with E-state index in [1.165, 1.54) is 12.1 Å². The van der Waals surface area contributed by atoms with E-state index < -0.39 is 35.4 Å². The van der Waals surface area contributed by atoms with Crippen molar-refractivity contribution in [3.63, 3.8) is 0 Å². The number of anilines is 1. The van der Waals surface area contributed by atoms with E-state index >= 15 is 0 Å². The second-order valence-corrected chi connectivity index (χ2v) is 8.93. The molecule has 0 radical (unpaired) electrons. The number of aryl methyl sites for hydroxylation is 2. The van der Waals surface area contributed by atoms with Crippen LogP contribution in [-0.2, 0) is 11.0 Å². The maximum atomic E-state index is 14.5. The Kier molecular flexibility index (Phi) is 7.35. The van der Waals surface area contributed by atoms with Gasteiger partial charge in [0.1, 0.15) is 11.9 Å². The first-order valence-electron chi connectivity index (χ1n) is 10.3. The molecule has 0 aliphatic rings. The summed E-state index contributed by atoms with van der Waals surface area (Å²) in [5.41, 5.74) is -0.468. The number of alkyl halides is 3. The molecule has 3 aromatic rings. The lowest BCUT2D eigenvalue weighted by Gasteiger charge is -2.32. The van der Waals surface area contributed by atoms with Crippen LogP contribution in [0.1, 0.15) is 51.9 Å². The van der Waals surface area contributed by atoms with Gasteiger partial charge < -0.3 is 5.32 Å². The summed E-state index contributed by atoms with van der Waals surface area (Å²) in [6.45, 7) is 6.56. The Labute approximate surface area is 197 Å². The zero-order chi connectivity index (χ0) is 25.2. The number of aromatic nitrogens is 2. The van der Waals surface area contributed by atoms with Crippen molar-refractivity contribution < 1.29 is 27.2 Å². The average molecular weight is 495 g/mol. The monoisotopic (exact) mass is 494 g/mol. The number of carbonyl (C=O) groups excluding carboxylic acids is 2. The SMILES string of the molecule is Cc1ccc(N(C(=O)c2nnsc2C)C(C(=O)NC(C)C)c2ccc(C(F)(F)F)cc2)cc1F. The molecule has 0 saturated carbocycles. The summed E-state index contributed by atoms with van der Waals surface area (Å²) in [5, 5.41) is 6.54. The fourth-order valence-corrected chi connectivity index (χ4v) is 3.75. The first-order valence-corrected chi connectivity index (χ1v) is 11.0. The number of benzene rings is 2. The highest BCUT2D eigenvalue weighted by atomic mass is 32.1. The highest BCUT2D eigenvalue weighted by Gasteiger charge is 2.37. The molecular formula is C23H22F4N4O2S. The Hall–Kier alpha value is -3.34. The molecule has 1 N–H and O–H groups in total. The van der Waals surface area contributed by atoms with Gasteiger partial charge in [-0.25, -0.2) is 4.39 Å². The maximum absolute atomic E-state index is 14.5. The minimum absolute atomic E-state index is 0.0414. The quantitative estimate of drug-likeness (QED) is 0.477. The van der Waals surface area contributed by atoms with Crippen molar-refractivity contribution in [3.05, 3.63) is 75.5 Å². The van der Waals surface area contributed by atoms with Crippen LogP contribution in [0.2, 0.25) is 0 Å². The third-order valence-corrected chi connectivity index (χ3v) is 5.63. The minimum atomic E-state index is -4.58. The normalized spacial score (nSPS) is 12.5. The Balaban J connectivity index is 2.22. The predicted molar refractivity (Wildman–Crippen MR) is 120 cm³/mol. The predicted octanol–water partition coefficient (Wildman–Crippen LogP) is 5.23. The van der Waals surface area contributed by atoms with Crippen LogP contribution in [-0.4, -0.2) is 27.4 Å². The Bertz CT molecular complexity index is 1190. The average Bonchev–Trinajstić information content (AvgIpc) is 3.18. The first kappa shape index (κ1) is 25.3. The molecule has 0 aliphatic carbocycles. The van der Waals surface area contributed by atoms with Crippen molar-refractivity contribution in [1.82, 2.24) is 14.9 Å². The zero-order valence-corrected chi connectivity index (χ0v) is 19.6. The summed E-state index contributed by atoms with van der Waals surface area (Å²) < 4.78 is 57.6. The lowest BCUT2D eigenvalue weighted by atomic mass is 10.00. The number of amides is 2. The van der Waals surface area contributed by atoms with Crippen molar-refractivity contribution in [2.24, 2.45) is 0 Å². The third kappa shape index (κ3) is 5.41. The molecule has 180 valence electrons. The second-order valence-electron chi connectivity index (χ2n) is 7.97. The molecule has 0 aliphatic heterocycles. The molecule has 0 saturated heterocycles. The van der Waals surface area contributed by atoms with Crippen molar-refractivity contribution in [1.29, 1.82) is 0 Å². The van der Waals surface area contributed by atoms with Gasteiger partial charge in [-0.05, 0) is 74.6 Å². The maximum Gasteiger partial charge on any atom is 0.416 e. The number of halogens is 4. The number of nitrogens with one attached hydrogen (secondary N) is 1. The Morgan fingerprint density at radius 2 is 1.71 bits per heavy atom. The van der Waals surface area contributed by atoms with E-state index in [-0.39, 0.29) is 23.0 Å². The van der Waals surface area contributed by atoms with E-state index in [1.54, 1.807) is 27.7 Å².